The summed E-state index contributed by atoms with van der Waals surface area (Å²) < 4.78 is 27.1. The summed E-state index contributed by atoms with van der Waals surface area (Å²) in [4.78, 5) is 39.3. The minimum absolute atomic E-state index is 0.00843. The number of amides is 4. The Kier molecular flexibility index (Phi) is 8.11. The number of rotatable bonds is 7. The molecule has 10 heteroatoms. The normalized spacial score (nSPS) is 15.2. The molecule has 1 aliphatic rings. The van der Waals surface area contributed by atoms with Crippen LogP contribution in [0.1, 0.15) is 34.6 Å². The van der Waals surface area contributed by atoms with Gasteiger partial charge in [0.15, 0.2) is 0 Å². The number of carbonyl (C=O) groups is 3. The maximum Gasteiger partial charge on any atom is 0.333 e. The van der Waals surface area contributed by atoms with Crippen LogP contribution in [0.15, 0.2) is 77.7 Å². The van der Waals surface area contributed by atoms with Crippen LogP contribution in [0.5, 0.6) is 0 Å². The van der Waals surface area contributed by atoms with Gasteiger partial charge in [-0.1, -0.05) is 54.1 Å². The van der Waals surface area contributed by atoms with Gasteiger partial charge in [-0.3, -0.25) is 4.79 Å². The fourth-order valence-corrected chi connectivity index (χ4v) is 5.43. The Labute approximate surface area is 222 Å². The second-order valence-electron chi connectivity index (χ2n) is 9.33. The SMILES string of the molecule is Cc1ccc(S(=O)(=O)NC(=O)Nc2ccc3c(c2)CCN(C(N)=O)CC3C(=O)CCc2ccccc2)cc1. The summed E-state index contributed by atoms with van der Waals surface area (Å²) in [6.45, 7) is 2.33. The van der Waals surface area contributed by atoms with Crippen molar-refractivity contribution in [2.75, 3.05) is 18.4 Å². The highest BCUT2D eigenvalue weighted by atomic mass is 32.2. The van der Waals surface area contributed by atoms with Gasteiger partial charge in [0.1, 0.15) is 5.78 Å². The lowest BCUT2D eigenvalue weighted by Crippen LogP contribution is -2.40. The number of carbonyl (C=O) groups excluding carboxylic acids is 3. The third kappa shape index (κ3) is 6.57. The summed E-state index contributed by atoms with van der Waals surface area (Å²) in [5.74, 6) is -0.570. The van der Waals surface area contributed by atoms with E-state index in [0.717, 1.165) is 22.3 Å². The molecule has 0 aliphatic carbocycles. The van der Waals surface area contributed by atoms with E-state index in [-0.39, 0.29) is 17.2 Å². The lowest BCUT2D eigenvalue weighted by atomic mass is 9.88. The molecule has 198 valence electrons. The summed E-state index contributed by atoms with van der Waals surface area (Å²) in [6.07, 6.45) is 1.32. The number of hydrogen-bond acceptors (Lipinski definition) is 5. The van der Waals surface area contributed by atoms with E-state index in [0.29, 0.717) is 31.5 Å². The van der Waals surface area contributed by atoms with Gasteiger partial charge in [0.2, 0.25) is 0 Å². The van der Waals surface area contributed by atoms with Crippen LogP contribution in [0.25, 0.3) is 0 Å². The number of fused-ring (bicyclic) bond motifs is 1. The van der Waals surface area contributed by atoms with E-state index in [2.05, 4.69) is 5.32 Å². The highest BCUT2D eigenvalue weighted by Gasteiger charge is 2.30. The molecule has 3 aromatic rings. The maximum atomic E-state index is 13.3. The zero-order valence-electron chi connectivity index (χ0n) is 21.0. The number of anilines is 1. The van der Waals surface area contributed by atoms with E-state index in [9.17, 15) is 22.8 Å². The quantitative estimate of drug-likeness (QED) is 0.424. The molecule has 9 nitrogen and oxygen atoms in total. The first-order valence-electron chi connectivity index (χ1n) is 12.3. The third-order valence-corrected chi connectivity index (χ3v) is 7.94. The van der Waals surface area contributed by atoms with Gasteiger partial charge in [0, 0.05) is 25.2 Å². The monoisotopic (exact) mass is 534 g/mol. The van der Waals surface area contributed by atoms with E-state index < -0.39 is 28.0 Å². The summed E-state index contributed by atoms with van der Waals surface area (Å²) in [5, 5.41) is 2.56. The second-order valence-corrected chi connectivity index (χ2v) is 11.0. The van der Waals surface area contributed by atoms with Crippen molar-refractivity contribution in [1.82, 2.24) is 9.62 Å². The van der Waals surface area contributed by atoms with Gasteiger partial charge in [0.05, 0.1) is 10.8 Å². The first-order chi connectivity index (χ1) is 18.1. The number of nitrogens with one attached hydrogen (secondary N) is 2. The smallest absolute Gasteiger partial charge is 0.333 e. The molecule has 4 rings (SSSR count). The summed E-state index contributed by atoms with van der Waals surface area (Å²) in [5.41, 5.74) is 9.42. The Hall–Kier alpha value is -4.18. The zero-order chi connectivity index (χ0) is 27.3. The van der Waals surface area contributed by atoms with Gasteiger partial charge >= 0.3 is 12.1 Å². The van der Waals surface area contributed by atoms with Crippen molar-refractivity contribution in [3.8, 4) is 0 Å². The van der Waals surface area contributed by atoms with Gasteiger partial charge in [-0.25, -0.2) is 22.7 Å². The van der Waals surface area contributed by atoms with E-state index in [1.807, 2.05) is 42.0 Å². The number of nitrogens with zero attached hydrogens (tertiary/aromatic N) is 1. The summed E-state index contributed by atoms with van der Waals surface area (Å²) >= 11 is 0. The number of ketones is 1. The van der Waals surface area contributed by atoms with Crippen LogP contribution in [0.2, 0.25) is 0 Å². The number of aryl methyl sites for hydroxylation is 2. The van der Waals surface area contributed by atoms with Crippen molar-refractivity contribution in [2.24, 2.45) is 5.73 Å². The van der Waals surface area contributed by atoms with Crippen LogP contribution in [0.4, 0.5) is 15.3 Å². The predicted molar refractivity (Wildman–Crippen MR) is 144 cm³/mol. The molecule has 38 heavy (non-hydrogen) atoms. The van der Waals surface area contributed by atoms with E-state index in [1.165, 1.54) is 17.0 Å². The number of Topliss-reactive ketones (excluding diaryl/α,β-unsaturated/α-hetero) is 1. The lowest BCUT2D eigenvalue weighted by Gasteiger charge is -2.23. The minimum atomic E-state index is -4.05. The lowest BCUT2D eigenvalue weighted by molar-refractivity contribution is -0.120. The van der Waals surface area contributed by atoms with Crippen molar-refractivity contribution in [3.63, 3.8) is 0 Å². The van der Waals surface area contributed by atoms with E-state index in [1.54, 1.807) is 30.3 Å². The second kappa shape index (κ2) is 11.5. The minimum Gasteiger partial charge on any atom is -0.351 e. The molecule has 1 aliphatic heterocycles. The molecular weight excluding hydrogens is 504 g/mol. The van der Waals surface area contributed by atoms with E-state index in [4.69, 9.17) is 5.73 Å². The molecule has 0 spiro atoms. The van der Waals surface area contributed by atoms with Gasteiger partial charge in [-0.2, -0.15) is 0 Å². The Balaban J connectivity index is 1.51. The first kappa shape index (κ1) is 26.9. The standard InChI is InChI=1S/C28H30N4O5S/c1-19-7-11-23(12-8-19)38(36,37)31-28(35)30-22-10-13-24-21(17-22)15-16-32(27(29)34)18-25(24)26(33)14-9-20-5-3-2-4-6-20/h2-8,10-13,17,25H,9,14-16,18H2,1H3,(H2,29,34)(H2,30,31,35). The molecule has 1 atom stereocenters. The molecule has 4 amide bonds. The third-order valence-electron chi connectivity index (χ3n) is 6.59. The Morgan fingerprint density at radius 3 is 2.39 bits per heavy atom. The number of sulfonamides is 1. The van der Waals surface area contributed by atoms with Crippen molar-refractivity contribution in [1.29, 1.82) is 0 Å². The first-order valence-corrected chi connectivity index (χ1v) is 13.7. The maximum absolute atomic E-state index is 13.3. The van der Waals surface area contributed by atoms with Gasteiger partial charge in [-0.05, 0) is 60.7 Å². The fourth-order valence-electron chi connectivity index (χ4n) is 4.52. The molecule has 0 fully saturated rings. The largest absolute Gasteiger partial charge is 0.351 e. The predicted octanol–water partition coefficient (Wildman–Crippen LogP) is 3.73. The molecule has 0 bridgehead atoms. The molecular formula is C28H30N4O5S. The molecule has 0 saturated heterocycles. The molecule has 0 saturated carbocycles. The van der Waals surface area contributed by atoms with Crippen molar-refractivity contribution in [3.05, 3.63) is 95.1 Å². The zero-order valence-corrected chi connectivity index (χ0v) is 21.8. The van der Waals surface area contributed by atoms with Crippen LogP contribution in [-0.2, 0) is 27.7 Å². The van der Waals surface area contributed by atoms with Gasteiger partial charge < -0.3 is 16.0 Å². The molecule has 3 aromatic carbocycles. The molecule has 1 heterocycles. The van der Waals surface area contributed by atoms with Crippen molar-refractivity contribution in [2.45, 2.75) is 37.0 Å². The molecule has 0 radical (unpaired) electrons. The van der Waals surface area contributed by atoms with Crippen LogP contribution in [0, 0.1) is 6.92 Å². The average Bonchev–Trinajstić information content (AvgIpc) is 3.07. The number of nitrogens with two attached hydrogens (primary N) is 1. The fraction of sp³-hybridized carbons (Fsp3) is 0.250. The van der Waals surface area contributed by atoms with Crippen molar-refractivity contribution >= 4 is 33.6 Å². The highest BCUT2D eigenvalue weighted by Crippen LogP contribution is 2.30. The van der Waals surface area contributed by atoms with Crippen LogP contribution >= 0.6 is 0 Å². The number of primary amides is 1. The summed E-state index contributed by atoms with van der Waals surface area (Å²) in [7, 11) is -4.05. The van der Waals surface area contributed by atoms with Gasteiger partial charge in [-0.15, -0.1) is 0 Å². The van der Waals surface area contributed by atoms with Crippen LogP contribution in [0.3, 0.4) is 0 Å². The molecule has 0 aromatic heterocycles. The van der Waals surface area contributed by atoms with Gasteiger partial charge in [0.25, 0.3) is 10.0 Å². The molecule has 1 unspecified atom stereocenters. The average molecular weight is 535 g/mol. The Morgan fingerprint density at radius 2 is 1.71 bits per heavy atom. The van der Waals surface area contributed by atoms with Crippen LogP contribution < -0.4 is 15.8 Å². The number of hydrogen-bond donors (Lipinski definition) is 3. The van der Waals surface area contributed by atoms with E-state index >= 15 is 0 Å². The number of benzene rings is 3. The topological polar surface area (TPSA) is 139 Å². The van der Waals surface area contributed by atoms with Crippen LogP contribution in [-0.4, -0.2) is 44.3 Å². The van der Waals surface area contributed by atoms with Crippen molar-refractivity contribution < 1.29 is 22.8 Å². The Morgan fingerprint density at radius 1 is 1.00 bits per heavy atom. The summed E-state index contributed by atoms with van der Waals surface area (Å²) in [6, 6.07) is 19.4. The highest BCUT2D eigenvalue weighted by molar-refractivity contribution is 7.90. The number of urea groups is 2. The Bertz CT molecular complexity index is 1440. The molecule has 4 N–H and O–H groups in total.